The number of hydrogen-bond donors (Lipinski definition) is 1. The Balaban J connectivity index is 1.76. The van der Waals surface area contributed by atoms with E-state index in [0.29, 0.717) is 23.6 Å². The van der Waals surface area contributed by atoms with E-state index >= 15 is 0 Å². The normalized spacial score (nSPS) is 15.2. The van der Waals surface area contributed by atoms with E-state index in [2.05, 4.69) is 29.6 Å². The average Bonchev–Trinajstić information content (AvgIpc) is 2.60. The molecule has 1 fully saturated rings. The summed E-state index contributed by atoms with van der Waals surface area (Å²) in [4.78, 5) is 12.7. The van der Waals surface area contributed by atoms with E-state index in [9.17, 15) is 4.79 Å². The van der Waals surface area contributed by atoms with E-state index in [0.717, 1.165) is 12.8 Å². The molecule has 0 bridgehead atoms. The zero-order valence-electron chi connectivity index (χ0n) is 14.2. The molecule has 1 N–H and O–H groups in total. The number of carbonyl (C=O) groups is 1. The minimum absolute atomic E-state index is 0.0586. The Morgan fingerprint density at radius 3 is 2.38 bits per heavy atom. The fourth-order valence-corrected chi connectivity index (χ4v) is 3.37. The highest BCUT2D eigenvalue weighted by molar-refractivity contribution is 5.97. The van der Waals surface area contributed by atoms with Gasteiger partial charge in [0.05, 0.1) is 19.8 Å². The largest absolute Gasteiger partial charge is 0.493 e. The Hall–Kier alpha value is -2.49. The molecule has 1 saturated carbocycles. The summed E-state index contributed by atoms with van der Waals surface area (Å²) >= 11 is 0. The molecule has 0 spiro atoms. The van der Waals surface area contributed by atoms with Crippen LogP contribution in [0.3, 0.4) is 0 Å². The van der Waals surface area contributed by atoms with Gasteiger partial charge in [0, 0.05) is 12.0 Å². The molecular weight excluding hydrogens is 302 g/mol. The Kier molecular flexibility index (Phi) is 4.74. The van der Waals surface area contributed by atoms with Crippen molar-refractivity contribution < 1.29 is 14.3 Å². The molecule has 0 aromatic heterocycles. The van der Waals surface area contributed by atoms with E-state index < -0.39 is 0 Å². The molecule has 1 aliphatic carbocycles. The molecule has 0 heterocycles. The van der Waals surface area contributed by atoms with Crippen molar-refractivity contribution in [3.63, 3.8) is 0 Å². The highest BCUT2D eigenvalue weighted by Gasteiger charge is 2.38. The molecule has 4 nitrogen and oxygen atoms in total. The number of methoxy groups -OCH3 is 2. The molecular formula is C20H23NO3. The lowest BCUT2D eigenvalue weighted by molar-refractivity contribution is 0.0924. The molecule has 126 valence electrons. The van der Waals surface area contributed by atoms with Gasteiger partial charge in [0.25, 0.3) is 5.91 Å². The Bertz CT molecular complexity index is 708. The smallest absolute Gasteiger partial charge is 0.255 e. The van der Waals surface area contributed by atoms with E-state index in [1.807, 2.05) is 6.07 Å². The van der Waals surface area contributed by atoms with Gasteiger partial charge in [-0.05, 0) is 30.5 Å². The lowest BCUT2D eigenvalue weighted by atomic mass is 9.64. The molecule has 3 rings (SSSR count). The number of amides is 1. The van der Waals surface area contributed by atoms with Crippen molar-refractivity contribution in [2.45, 2.75) is 24.7 Å². The summed E-state index contributed by atoms with van der Waals surface area (Å²) in [5, 5.41) is 3.09. The van der Waals surface area contributed by atoms with Crippen LogP contribution in [-0.4, -0.2) is 26.7 Å². The first kappa shape index (κ1) is 16.4. The maximum Gasteiger partial charge on any atom is 0.255 e. The van der Waals surface area contributed by atoms with Gasteiger partial charge >= 0.3 is 0 Å². The molecule has 0 aliphatic heterocycles. The molecule has 0 saturated heterocycles. The van der Waals surface area contributed by atoms with Crippen LogP contribution < -0.4 is 14.8 Å². The van der Waals surface area contributed by atoms with E-state index in [4.69, 9.17) is 9.47 Å². The van der Waals surface area contributed by atoms with Gasteiger partial charge in [-0.15, -0.1) is 0 Å². The topological polar surface area (TPSA) is 47.6 Å². The van der Waals surface area contributed by atoms with Gasteiger partial charge in [0.15, 0.2) is 11.5 Å². The Morgan fingerprint density at radius 1 is 1.04 bits per heavy atom. The van der Waals surface area contributed by atoms with Crippen molar-refractivity contribution in [3.8, 4) is 11.5 Å². The zero-order valence-corrected chi connectivity index (χ0v) is 14.2. The summed E-state index contributed by atoms with van der Waals surface area (Å²) in [6.45, 7) is 0.635. The third kappa shape index (κ3) is 2.96. The second kappa shape index (κ2) is 6.95. The van der Waals surface area contributed by atoms with Gasteiger partial charge in [0.2, 0.25) is 0 Å². The second-order valence-electron chi connectivity index (χ2n) is 6.22. The number of benzene rings is 2. The van der Waals surface area contributed by atoms with Crippen LogP contribution in [0.2, 0.25) is 0 Å². The fourth-order valence-electron chi connectivity index (χ4n) is 3.37. The standard InChI is InChI=1S/C20H23NO3/c1-23-17-11-6-10-16(18(17)24-2)19(22)21-14-20(12-7-13-20)15-8-4-3-5-9-15/h3-6,8-11H,7,12-14H2,1-2H3,(H,21,22). The fraction of sp³-hybridized carbons (Fsp3) is 0.350. The molecule has 0 unspecified atom stereocenters. The minimum Gasteiger partial charge on any atom is -0.493 e. The number of ether oxygens (including phenoxy) is 2. The zero-order chi connectivity index (χ0) is 17.0. The minimum atomic E-state index is -0.132. The Morgan fingerprint density at radius 2 is 1.79 bits per heavy atom. The van der Waals surface area contributed by atoms with E-state index in [1.165, 1.54) is 12.0 Å². The highest BCUT2D eigenvalue weighted by atomic mass is 16.5. The third-order valence-electron chi connectivity index (χ3n) is 4.93. The van der Waals surface area contributed by atoms with Crippen molar-refractivity contribution >= 4 is 5.91 Å². The van der Waals surface area contributed by atoms with Gasteiger partial charge in [0.1, 0.15) is 0 Å². The van der Waals surface area contributed by atoms with Crippen LogP contribution in [0, 0.1) is 0 Å². The molecule has 2 aromatic rings. The van der Waals surface area contributed by atoms with Crippen molar-refractivity contribution in [1.29, 1.82) is 0 Å². The van der Waals surface area contributed by atoms with E-state index in [-0.39, 0.29) is 11.3 Å². The lowest BCUT2D eigenvalue weighted by Crippen LogP contribution is -2.45. The van der Waals surface area contributed by atoms with Crippen LogP contribution in [0.1, 0.15) is 35.2 Å². The monoisotopic (exact) mass is 325 g/mol. The van der Waals surface area contributed by atoms with Gasteiger partial charge in [-0.2, -0.15) is 0 Å². The van der Waals surface area contributed by atoms with Crippen molar-refractivity contribution in [1.82, 2.24) is 5.32 Å². The molecule has 2 aromatic carbocycles. The number of para-hydroxylation sites is 1. The predicted octanol–water partition coefficient (Wildman–Crippen LogP) is 3.56. The van der Waals surface area contributed by atoms with Gasteiger partial charge in [-0.1, -0.05) is 42.8 Å². The second-order valence-corrected chi connectivity index (χ2v) is 6.22. The maximum atomic E-state index is 12.7. The SMILES string of the molecule is COc1cccc(C(=O)NCC2(c3ccccc3)CCC2)c1OC. The van der Waals surface area contributed by atoms with Gasteiger partial charge < -0.3 is 14.8 Å². The average molecular weight is 325 g/mol. The van der Waals surface area contributed by atoms with Crippen molar-refractivity contribution in [2.24, 2.45) is 0 Å². The quantitative estimate of drug-likeness (QED) is 0.883. The first-order valence-electron chi connectivity index (χ1n) is 8.25. The van der Waals surface area contributed by atoms with Crippen molar-refractivity contribution in [2.75, 3.05) is 20.8 Å². The molecule has 4 heteroatoms. The van der Waals surface area contributed by atoms with E-state index in [1.54, 1.807) is 32.4 Å². The summed E-state index contributed by atoms with van der Waals surface area (Å²) in [6, 6.07) is 15.8. The summed E-state index contributed by atoms with van der Waals surface area (Å²) in [5.74, 6) is 0.902. The van der Waals surface area contributed by atoms with Crippen LogP contribution in [0.5, 0.6) is 11.5 Å². The van der Waals surface area contributed by atoms with Crippen LogP contribution in [0.4, 0.5) is 0 Å². The van der Waals surface area contributed by atoms with Crippen LogP contribution >= 0.6 is 0 Å². The molecule has 0 radical (unpaired) electrons. The van der Waals surface area contributed by atoms with Crippen LogP contribution in [-0.2, 0) is 5.41 Å². The summed E-state index contributed by atoms with van der Waals surface area (Å²) in [6.07, 6.45) is 3.41. The Labute approximate surface area is 142 Å². The maximum absolute atomic E-state index is 12.7. The summed E-state index contributed by atoms with van der Waals surface area (Å²) in [5.41, 5.74) is 1.86. The number of carbonyl (C=O) groups excluding carboxylic acids is 1. The summed E-state index contributed by atoms with van der Waals surface area (Å²) < 4.78 is 10.6. The third-order valence-corrected chi connectivity index (χ3v) is 4.93. The lowest BCUT2D eigenvalue weighted by Gasteiger charge is -2.42. The first-order valence-corrected chi connectivity index (χ1v) is 8.25. The summed E-state index contributed by atoms with van der Waals surface area (Å²) in [7, 11) is 3.12. The molecule has 1 aliphatic rings. The molecule has 1 amide bonds. The van der Waals surface area contributed by atoms with Gasteiger partial charge in [-0.3, -0.25) is 4.79 Å². The molecule has 0 atom stereocenters. The first-order chi connectivity index (χ1) is 11.7. The number of rotatable bonds is 6. The van der Waals surface area contributed by atoms with Crippen LogP contribution in [0.25, 0.3) is 0 Å². The van der Waals surface area contributed by atoms with Gasteiger partial charge in [-0.25, -0.2) is 0 Å². The van der Waals surface area contributed by atoms with Crippen molar-refractivity contribution in [3.05, 3.63) is 59.7 Å². The number of nitrogens with one attached hydrogen (secondary N) is 1. The predicted molar refractivity (Wildman–Crippen MR) is 93.9 cm³/mol. The number of hydrogen-bond acceptors (Lipinski definition) is 3. The molecule has 24 heavy (non-hydrogen) atoms. The highest BCUT2D eigenvalue weighted by Crippen LogP contribution is 2.43. The van der Waals surface area contributed by atoms with Crippen LogP contribution in [0.15, 0.2) is 48.5 Å².